The highest BCUT2D eigenvalue weighted by molar-refractivity contribution is 8.11. The van der Waals surface area contributed by atoms with Crippen LogP contribution in [0.3, 0.4) is 0 Å². The summed E-state index contributed by atoms with van der Waals surface area (Å²) < 4.78 is 41.5. The fourth-order valence-corrected chi connectivity index (χ4v) is 5.43. The summed E-state index contributed by atoms with van der Waals surface area (Å²) in [5, 5.41) is 6.46. The van der Waals surface area contributed by atoms with E-state index in [9.17, 15) is 18.0 Å². The second-order valence-corrected chi connectivity index (χ2v) is 9.89. The zero-order chi connectivity index (χ0) is 23.4. The standard InChI is InChI=1S/C23H23F3N4OS2/c1-16-13-20(23(24,25)26)28-30(16)14-21(31)33-29-11-9-18(10-12-29)22-27-19(15-32-22)8-7-17-5-3-2-4-6-17/h2-8,13,15,18H,9-12,14H2,1H3/b8-7+. The van der Waals surface area contributed by atoms with E-state index >= 15 is 0 Å². The molecule has 1 aromatic carbocycles. The topological polar surface area (TPSA) is 51.0 Å². The van der Waals surface area contributed by atoms with Gasteiger partial charge < -0.3 is 0 Å². The summed E-state index contributed by atoms with van der Waals surface area (Å²) in [5.41, 5.74) is 1.41. The molecule has 2 aromatic heterocycles. The first-order valence-corrected chi connectivity index (χ1v) is 12.2. The van der Waals surface area contributed by atoms with Crippen LogP contribution >= 0.6 is 23.3 Å². The maximum absolute atomic E-state index is 12.8. The quantitative estimate of drug-likeness (QED) is 0.402. The van der Waals surface area contributed by atoms with E-state index in [-0.39, 0.29) is 11.7 Å². The number of benzene rings is 1. The minimum atomic E-state index is -4.51. The molecule has 5 nitrogen and oxygen atoms in total. The minimum Gasteiger partial charge on any atom is -0.284 e. The lowest BCUT2D eigenvalue weighted by atomic mass is 9.99. The molecule has 1 saturated heterocycles. The summed E-state index contributed by atoms with van der Waals surface area (Å²) >= 11 is 2.73. The van der Waals surface area contributed by atoms with E-state index in [0.29, 0.717) is 11.6 Å². The number of hydrogen-bond donors (Lipinski definition) is 0. The molecule has 174 valence electrons. The Morgan fingerprint density at radius 1 is 1.21 bits per heavy atom. The van der Waals surface area contributed by atoms with Gasteiger partial charge in [0.2, 0.25) is 5.12 Å². The van der Waals surface area contributed by atoms with E-state index in [1.54, 1.807) is 11.3 Å². The molecule has 4 rings (SSSR count). The highest BCUT2D eigenvalue weighted by Crippen LogP contribution is 2.33. The molecule has 3 heterocycles. The van der Waals surface area contributed by atoms with Gasteiger partial charge in [-0.05, 0) is 49.4 Å². The van der Waals surface area contributed by atoms with Gasteiger partial charge >= 0.3 is 6.18 Å². The highest BCUT2D eigenvalue weighted by atomic mass is 32.2. The zero-order valence-electron chi connectivity index (χ0n) is 18.0. The number of thiazole rings is 1. The first kappa shape index (κ1) is 23.7. The van der Waals surface area contributed by atoms with Gasteiger partial charge in [-0.2, -0.15) is 18.3 Å². The summed E-state index contributed by atoms with van der Waals surface area (Å²) in [7, 11) is 0. The van der Waals surface area contributed by atoms with Gasteiger partial charge in [0.05, 0.1) is 10.7 Å². The normalized spacial score (nSPS) is 16.0. The van der Waals surface area contributed by atoms with Crippen molar-refractivity contribution >= 4 is 40.6 Å². The molecule has 0 saturated carbocycles. The predicted octanol–water partition coefficient (Wildman–Crippen LogP) is 5.89. The lowest BCUT2D eigenvalue weighted by molar-refractivity contribution is -0.141. The molecular formula is C23H23F3N4OS2. The fourth-order valence-electron chi connectivity index (χ4n) is 3.61. The molecule has 0 N–H and O–H groups in total. The van der Waals surface area contributed by atoms with Crippen LogP contribution in [-0.4, -0.2) is 37.3 Å². The molecular weight excluding hydrogens is 469 g/mol. The summed E-state index contributed by atoms with van der Waals surface area (Å²) in [5.74, 6) is 0.350. The van der Waals surface area contributed by atoms with Gasteiger partial charge in [-0.1, -0.05) is 36.4 Å². The van der Waals surface area contributed by atoms with Crippen LogP contribution in [0.5, 0.6) is 0 Å². The van der Waals surface area contributed by atoms with E-state index in [4.69, 9.17) is 4.98 Å². The van der Waals surface area contributed by atoms with E-state index in [2.05, 4.69) is 10.5 Å². The molecule has 0 spiro atoms. The van der Waals surface area contributed by atoms with Crippen LogP contribution in [0.2, 0.25) is 0 Å². The molecule has 3 aromatic rings. The Balaban J connectivity index is 1.26. The van der Waals surface area contributed by atoms with Crippen LogP contribution in [0.25, 0.3) is 12.2 Å². The Labute approximate surface area is 198 Å². The van der Waals surface area contributed by atoms with E-state index < -0.39 is 11.9 Å². The first-order chi connectivity index (χ1) is 15.8. The van der Waals surface area contributed by atoms with Gasteiger partial charge in [0.1, 0.15) is 6.54 Å². The average molecular weight is 493 g/mol. The first-order valence-electron chi connectivity index (χ1n) is 10.5. The number of halogens is 3. The molecule has 1 fully saturated rings. The van der Waals surface area contributed by atoms with Gasteiger partial charge in [-0.3, -0.25) is 9.48 Å². The van der Waals surface area contributed by atoms with Crippen LogP contribution in [0, 0.1) is 6.92 Å². The maximum Gasteiger partial charge on any atom is 0.435 e. The smallest absolute Gasteiger partial charge is 0.284 e. The average Bonchev–Trinajstić information content (AvgIpc) is 3.40. The molecule has 1 aliphatic heterocycles. The number of piperidine rings is 1. The number of carbonyl (C=O) groups is 1. The van der Waals surface area contributed by atoms with Crippen LogP contribution in [0.15, 0.2) is 41.8 Å². The van der Waals surface area contributed by atoms with Gasteiger partial charge in [0.15, 0.2) is 5.69 Å². The molecule has 0 radical (unpaired) electrons. The summed E-state index contributed by atoms with van der Waals surface area (Å²) in [4.78, 5) is 17.2. The van der Waals surface area contributed by atoms with Crippen LogP contribution < -0.4 is 0 Å². The van der Waals surface area contributed by atoms with Crippen molar-refractivity contribution in [1.29, 1.82) is 0 Å². The predicted molar refractivity (Wildman–Crippen MR) is 126 cm³/mol. The van der Waals surface area contributed by atoms with Gasteiger partial charge in [-0.15, -0.1) is 11.3 Å². The van der Waals surface area contributed by atoms with Crippen molar-refractivity contribution in [2.24, 2.45) is 0 Å². The number of aromatic nitrogens is 3. The van der Waals surface area contributed by atoms with Crippen LogP contribution in [0.1, 0.15) is 46.4 Å². The molecule has 33 heavy (non-hydrogen) atoms. The van der Waals surface area contributed by atoms with Gasteiger partial charge in [0.25, 0.3) is 0 Å². The lowest BCUT2D eigenvalue weighted by Gasteiger charge is -2.29. The molecule has 0 unspecified atom stereocenters. The Bertz CT molecular complexity index is 1120. The summed E-state index contributed by atoms with van der Waals surface area (Å²) in [6.45, 7) is 2.78. The van der Waals surface area contributed by atoms with Crippen molar-refractivity contribution in [2.45, 2.75) is 38.4 Å². The van der Waals surface area contributed by atoms with Crippen molar-refractivity contribution in [3.8, 4) is 0 Å². The number of carbonyl (C=O) groups excluding carboxylic acids is 1. The molecule has 0 aliphatic carbocycles. The van der Waals surface area contributed by atoms with Crippen molar-refractivity contribution in [3.63, 3.8) is 0 Å². The summed E-state index contributed by atoms with van der Waals surface area (Å²) in [6, 6.07) is 11.0. The maximum atomic E-state index is 12.8. The van der Waals surface area contributed by atoms with Crippen molar-refractivity contribution in [2.75, 3.05) is 13.1 Å². The molecule has 10 heteroatoms. The van der Waals surface area contributed by atoms with Gasteiger partial charge in [0, 0.05) is 30.1 Å². The van der Waals surface area contributed by atoms with Gasteiger partial charge in [-0.25, -0.2) is 9.29 Å². The van der Waals surface area contributed by atoms with Crippen LogP contribution in [0.4, 0.5) is 13.2 Å². The van der Waals surface area contributed by atoms with E-state index in [0.717, 1.165) is 64.9 Å². The molecule has 0 atom stereocenters. The number of aryl methyl sites for hydroxylation is 1. The molecule has 0 amide bonds. The zero-order valence-corrected chi connectivity index (χ0v) is 19.6. The Hall–Kier alpha value is -2.43. The second-order valence-electron chi connectivity index (χ2n) is 7.85. The van der Waals surface area contributed by atoms with Crippen molar-refractivity contribution in [1.82, 2.24) is 19.1 Å². The van der Waals surface area contributed by atoms with E-state index in [1.165, 1.54) is 6.92 Å². The lowest BCUT2D eigenvalue weighted by Crippen LogP contribution is -2.29. The number of rotatable bonds is 6. The highest BCUT2D eigenvalue weighted by Gasteiger charge is 2.34. The Morgan fingerprint density at radius 2 is 1.94 bits per heavy atom. The van der Waals surface area contributed by atoms with E-state index in [1.807, 2.05) is 46.8 Å². The number of alkyl halides is 3. The Morgan fingerprint density at radius 3 is 2.61 bits per heavy atom. The van der Waals surface area contributed by atoms with Crippen molar-refractivity contribution < 1.29 is 18.0 Å². The number of nitrogens with zero attached hydrogens (tertiary/aromatic N) is 4. The summed E-state index contributed by atoms with van der Waals surface area (Å²) in [6.07, 6.45) is 1.31. The SMILES string of the molecule is Cc1cc(C(F)(F)F)nn1CC(=O)SN1CCC(c2nc(/C=C/c3ccccc3)cs2)CC1. The Kier molecular flexibility index (Phi) is 7.35. The van der Waals surface area contributed by atoms with Crippen molar-refractivity contribution in [3.05, 3.63) is 69.4 Å². The fraction of sp³-hybridized carbons (Fsp3) is 0.348. The third kappa shape index (κ3) is 6.33. The monoisotopic (exact) mass is 492 g/mol. The largest absolute Gasteiger partial charge is 0.435 e. The third-order valence-corrected chi connectivity index (χ3v) is 7.35. The third-order valence-electron chi connectivity index (χ3n) is 5.37. The molecule has 0 bridgehead atoms. The van der Waals surface area contributed by atoms with Crippen LogP contribution in [-0.2, 0) is 17.5 Å². The second kappa shape index (κ2) is 10.2. The minimum absolute atomic E-state index is 0.184. The molecule has 1 aliphatic rings. The number of hydrogen-bond acceptors (Lipinski definition) is 6.